The number of aromatic nitrogens is 1. The Morgan fingerprint density at radius 3 is 1.49 bits per heavy atom. The number of para-hydroxylation sites is 1. The van der Waals surface area contributed by atoms with Gasteiger partial charge < -0.3 is 19.1 Å². The molecule has 4 aromatic rings. The topological polar surface area (TPSA) is 119 Å². The molecular weight excluding hydrogens is 941 g/mol. The lowest BCUT2D eigenvalue weighted by atomic mass is 9.92. The largest absolute Gasteiger partial charge is 0.444 e. The molecular formula is C59H84N4O7S2. The SMILES string of the molecule is CC(C)c1cccc2sc([C@@H]3CCCN3C(=O)OC(C)(C)C)nc12.CC(C)c1ccccc1CC(=O)[C@@H]1CCCN1C(=O)OC(C)(C)C.CC(C)c1ccccc1CC(=S)[C@@H]1CCCN1C(=O)OC(C)(C)C. The van der Waals surface area contributed by atoms with Crippen molar-refractivity contribution >= 4 is 62.7 Å². The van der Waals surface area contributed by atoms with E-state index in [2.05, 4.69) is 90.1 Å². The molecule has 1 aromatic heterocycles. The van der Waals surface area contributed by atoms with E-state index in [-0.39, 0.29) is 42.2 Å². The van der Waals surface area contributed by atoms with Gasteiger partial charge in [-0.15, -0.1) is 11.3 Å². The minimum Gasteiger partial charge on any atom is -0.444 e. The lowest BCUT2D eigenvalue weighted by Gasteiger charge is -2.29. The lowest BCUT2D eigenvalue weighted by Crippen LogP contribution is -2.43. The molecule has 11 nitrogen and oxygen atoms in total. The highest BCUT2D eigenvalue weighted by molar-refractivity contribution is 7.80. The monoisotopic (exact) mass is 1020 g/mol. The van der Waals surface area contributed by atoms with Crippen LogP contribution >= 0.6 is 23.6 Å². The second kappa shape index (κ2) is 24.9. The Bertz CT molecular complexity index is 2390. The maximum absolute atomic E-state index is 12.8. The minimum atomic E-state index is -0.544. The van der Waals surface area contributed by atoms with Crippen LogP contribution in [0, 0.1) is 0 Å². The second-order valence-electron chi connectivity index (χ2n) is 23.4. The number of thiocarbonyl (C=S) groups is 1. The van der Waals surface area contributed by atoms with Gasteiger partial charge in [-0.05, 0) is 152 Å². The fourth-order valence-electron chi connectivity index (χ4n) is 9.57. The fraction of sp³-hybridized carbons (Fsp3) is 0.593. The van der Waals surface area contributed by atoms with Crippen LogP contribution in [0.25, 0.3) is 10.2 Å². The maximum Gasteiger partial charge on any atom is 0.410 e. The van der Waals surface area contributed by atoms with E-state index in [4.69, 9.17) is 31.4 Å². The highest BCUT2D eigenvalue weighted by Gasteiger charge is 2.38. The van der Waals surface area contributed by atoms with E-state index in [1.807, 2.05) is 90.3 Å². The van der Waals surface area contributed by atoms with Gasteiger partial charge in [0.2, 0.25) is 0 Å². The van der Waals surface area contributed by atoms with Gasteiger partial charge in [-0.2, -0.15) is 0 Å². The first-order valence-electron chi connectivity index (χ1n) is 26.2. The second-order valence-corrected chi connectivity index (χ2v) is 25.0. The number of thiazole rings is 1. The predicted octanol–water partition coefficient (Wildman–Crippen LogP) is 14.9. The minimum absolute atomic E-state index is 0.00932. The molecule has 0 spiro atoms. The first-order valence-corrected chi connectivity index (χ1v) is 27.5. The summed E-state index contributed by atoms with van der Waals surface area (Å²) < 4.78 is 17.8. The molecule has 3 aliphatic heterocycles. The molecule has 394 valence electrons. The third-order valence-corrected chi connectivity index (χ3v) is 14.4. The number of likely N-dealkylation sites (tertiary alicyclic amines) is 3. The van der Waals surface area contributed by atoms with E-state index < -0.39 is 16.8 Å². The van der Waals surface area contributed by atoms with Crippen LogP contribution in [0.3, 0.4) is 0 Å². The third kappa shape index (κ3) is 16.3. The van der Waals surface area contributed by atoms with Gasteiger partial charge >= 0.3 is 18.3 Å². The molecule has 4 heterocycles. The van der Waals surface area contributed by atoms with E-state index in [9.17, 15) is 19.2 Å². The molecule has 3 amide bonds. The molecule has 3 aromatic carbocycles. The number of nitrogens with zero attached hydrogens (tertiary/aromatic N) is 4. The van der Waals surface area contributed by atoms with Gasteiger partial charge in [0.15, 0.2) is 5.78 Å². The summed E-state index contributed by atoms with van der Waals surface area (Å²) in [6.07, 6.45) is 5.70. The average Bonchev–Trinajstić information content (AvgIpc) is 4.12. The van der Waals surface area contributed by atoms with E-state index in [0.717, 1.165) is 79.0 Å². The quantitative estimate of drug-likeness (QED) is 0.113. The summed E-state index contributed by atoms with van der Waals surface area (Å²) in [6, 6.07) is 22.6. The summed E-state index contributed by atoms with van der Waals surface area (Å²) >= 11 is 7.43. The third-order valence-electron chi connectivity index (χ3n) is 12.8. The summed E-state index contributed by atoms with van der Waals surface area (Å²) in [5, 5.41) is 1.03. The Morgan fingerprint density at radius 1 is 0.569 bits per heavy atom. The molecule has 0 bridgehead atoms. The van der Waals surface area contributed by atoms with Crippen molar-refractivity contribution in [3.05, 3.63) is 99.6 Å². The summed E-state index contributed by atoms with van der Waals surface area (Å²) in [7, 11) is 0. The lowest BCUT2D eigenvalue weighted by molar-refractivity contribution is -0.122. The number of ether oxygens (including phenoxy) is 3. The predicted molar refractivity (Wildman–Crippen MR) is 297 cm³/mol. The van der Waals surface area contributed by atoms with Gasteiger partial charge in [0, 0.05) is 37.3 Å². The average molecular weight is 1030 g/mol. The molecule has 0 aliphatic carbocycles. The number of fused-ring (bicyclic) bond motifs is 1. The number of carbonyl (C=O) groups is 4. The highest BCUT2D eigenvalue weighted by Crippen LogP contribution is 2.39. The van der Waals surface area contributed by atoms with Crippen LogP contribution in [0.4, 0.5) is 14.4 Å². The number of benzene rings is 3. The van der Waals surface area contributed by atoms with Crippen molar-refractivity contribution in [3.8, 4) is 0 Å². The Kier molecular flexibility index (Phi) is 20.1. The van der Waals surface area contributed by atoms with Gasteiger partial charge in [0.05, 0.1) is 28.3 Å². The molecule has 0 saturated carbocycles. The smallest absolute Gasteiger partial charge is 0.410 e. The maximum atomic E-state index is 12.8. The van der Waals surface area contributed by atoms with Crippen molar-refractivity contribution in [1.82, 2.24) is 19.7 Å². The number of ketones is 1. The zero-order chi connectivity index (χ0) is 53.3. The molecule has 3 fully saturated rings. The first-order chi connectivity index (χ1) is 33.6. The van der Waals surface area contributed by atoms with Crippen LogP contribution in [0.15, 0.2) is 66.7 Å². The summed E-state index contributed by atoms with van der Waals surface area (Å²) in [5.74, 6) is 1.38. The molecule has 72 heavy (non-hydrogen) atoms. The zero-order valence-electron chi connectivity index (χ0n) is 46.1. The van der Waals surface area contributed by atoms with Gasteiger partial charge in [-0.25, -0.2) is 19.4 Å². The Balaban J connectivity index is 0.000000201. The van der Waals surface area contributed by atoms with Crippen LogP contribution in [-0.4, -0.2) is 97.1 Å². The van der Waals surface area contributed by atoms with Crippen LogP contribution in [0.2, 0.25) is 0 Å². The van der Waals surface area contributed by atoms with Crippen LogP contribution in [0.5, 0.6) is 0 Å². The number of hydrogen-bond acceptors (Lipinski definition) is 10. The Hall–Kier alpha value is -4.88. The number of Topliss-reactive ketones (excluding diaryl/α,β-unsaturated/α-hetero) is 1. The first kappa shape index (κ1) is 58.0. The van der Waals surface area contributed by atoms with Crippen molar-refractivity contribution in [2.45, 2.75) is 208 Å². The molecule has 3 saturated heterocycles. The number of carbonyl (C=O) groups excluding carboxylic acids is 4. The standard InChI is InChI=1S/C20H29NO3.C20H29NO2S.C19H26N2O2S/c1-14(2)16-10-7-6-9-15(16)13-18(22)17-11-8-12-21(17)19(23)24-20(3,4)5;1-14(2)16-10-7-6-9-15(16)13-18(24)17-11-8-12-21(17)19(22)23-20(3,4)5;1-12(2)13-8-6-10-15-16(13)20-17(24-15)14-9-7-11-21(14)18(22)23-19(3,4)5/h2*6-7,9-10,14,17H,8,11-13H2,1-5H3;6,8,10,12,14H,7,9,11H2,1-5H3/t2*17-;14-/m000/s1. The molecule has 0 unspecified atom stereocenters. The van der Waals surface area contributed by atoms with E-state index in [1.165, 1.54) is 27.0 Å². The van der Waals surface area contributed by atoms with Crippen LogP contribution in [-0.2, 0) is 31.8 Å². The van der Waals surface area contributed by atoms with Crippen molar-refractivity contribution in [1.29, 1.82) is 0 Å². The zero-order valence-corrected chi connectivity index (χ0v) is 47.7. The highest BCUT2D eigenvalue weighted by atomic mass is 32.1. The van der Waals surface area contributed by atoms with Crippen molar-refractivity contribution in [3.63, 3.8) is 0 Å². The molecule has 3 atom stereocenters. The number of amides is 3. The van der Waals surface area contributed by atoms with Crippen LogP contribution in [0.1, 0.15) is 199 Å². The summed E-state index contributed by atoms with van der Waals surface area (Å²) in [6.45, 7) is 32.0. The normalized spacial score (nSPS) is 18.2. The number of hydrogen-bond donors (Lipinski definition) is 0. The molecule has 0 N–H and O–H groups in total. The van der Waals surface area contributed by atoms with Gasteiger partial charge in [0.25, 0.3) is 0 Å². The van der Waals surface area contributed by atoms with Gasteiger partial charge in [0.1, 0.15) is 21.8 Å². The summed E-state index contributed by atoms with van der Waals surface area (Å²) in [5.41, 5.74) is 5.74. The molecule has 3 aliphatic rings. The van der Waals surface area contributed by atoms with E-state index in [1.54, 1.807) is 16.2 Å². The van der Waals surface area contributed by atoms with Gasteiger partial charge in [-0.1, -0.05) is 114 Å². The molecule has 0 radical (unpaired) electrons. The Morgan fingerprint density at radius 2 is 0.986 bits per heavy atom. The van der Waals surface area contributed by atoms with Crippen molar-refractivity contribution in [2.24, 2.45) is 0 Å². The number of rotatable bonds is 10. The van der Waals surface area contributed by atoms with Crippen LogP contribution < -0.4 is 0 Å². The molecule has 7 rings (SSSR count). The van der Waals surface area contributed by atoms with Crippen molar-refractivity contribution in [2.75, 3.05) is 19.6 Å². The van der Waals surface area contributed by atoms with Crippen molar-refractivity contribution < 1.29 is 33.4 Å². The van der Waals surface area contributed by atoms with Gasteiger partial charge in [-0.3, -0.25) is 14.6 Å². The Labute approximate surface area is 440 Å². The van der Waals surface area contributed by atoms with E-state index in [0.29, 0.717) is 30.7 Å². The summed E-state index contributed by atoms with van der Waals surface area (Å²) in [4.78, 5) is 61.2. The van der Waals surface area contributed by atoms with E-state index >= 15 is 0 Å². The fourth-order valence-corrected chi connectivity index (χ4v) is 11.1. The molecule has 13 heteroatoms.